The van der Waals surface area contributed by atoms with E-state index in [0.717, 1.165) is 22.6 Å². The number of ether oxygens (including phenoxy) is 1. The van der Waals surface area contributed by atoms with Crippen LogP contribution in [0.1, 0.15) is 18.5 Å². The first-order chi connectivity index (χ1) is 12.7. The van der Waals surface area contributed by atoms with Crippen LogP contribution in [-0.4, -0.2) is 26.6 Å². The van der Waals surface area contributed by atoms with Gasteiger partial charge in [-0.1, -0.05) is 30.3 Å². The van der Waals surface area contributed by atoms with Crippen LogP contribution in [0, 0.1) is 0 Å². The van der Waals surface area contributed by atoms with Crippen molar-refractivity contribution >= 4 is 17.0 Å². The van der Waals surface area contributed by atoms with Gasteiger partial charge in [0.2, 0.25) is 5.95 Å². The van der Waals surface area contributed by atoms with Gasteiger partial charge in [-0.15, -0.1) is 0 Å². The van der Waals surface area contributed by atoms with Crippen LogP contribution in [0.25, 0.3) is 16.9 Å². The Hall–Kier alpha value is -3.41. The van der Waals surface area contributed by atoms with Crippen molar-refractivity contribution in [2.24, 2.45) is 0 Å². The lowest BCUT2D eigenvalue weighted by molar-refractivity contribution is 0.415. The number of nitrogens with one attached hydrogen (secondary N) is 1. The lowest BCUT2D eigenvalue weighted by atomic mass is 10.1. The van der Waals surface area contributed by atoms with Gasteiger partial charge in [0, 0.05) is 12.3 Å². The molecule has 0 aliphatic heterocycles. The molecule has 2 heterocycles. The molecule has 6 nitrogen and oxygen atoms in total. The van der Waals surface area contributed by atoms with Crippen LogP contribution in [-0.2, 0) is 0 Å². The molecule has 0 saturated carbocycles. The van der Waals surface area contributed by atoms with Gasteiger partial charge in [0.15, 0.2) is 0 Å². The molecular weight excluding hydrogens is 326 g/mol. The van der Waals surface area contributed by atoms with Crippen LogP contribution in [0.2, 0.25) is 0 Å². The molecule has 6 heteroatoms. The summed E-state index contributed by atoms with van der Waals surface area (Å²) in [6.07, 6.45) is 3.51. The van der Waals surface area contributed by atoms with Gasteiger partial charge < -0.3 is 10.1 Å². The standard InChI is InChI=1S/C20H19N5O/c1-14(15-6-4-3-5-7-15)23-20-21-11-10-19(24-20)25-13-22-17-12-16(26-2)8-9-18(17)25/h3-14H,1-2H3,(H,21,23,24). The quantitative estimate of drug-likeness (QED) is 0.592. The van der Waals surface area contributed by atoms with E-state index >= 15 is 0 Å². The van der Waals surface area contributed by atoms with E-state index in [9.17, 15) is 0 Å². The average molecular weight is 345 g/mol. The number of rotatable bonds is 5. The smallest absolute Gasteiger partial charge is 0.225 e. The highest BCUT2D eigenvalue weighted by Crippen LogP contribution is 2.23. The van der Waals surface area contributed by atoms with Gasteiger partial charge in [-0.2, -0.15) is 4.98 Å². The second-order valence-electron chi connectivity index (χ2n) is 5.98. The van der Waals surface area contributed by atoms with Crippen molar-refractivity contribution in [1.29, 1.82) is 0 Å². The van der Waals surface area contributed by atoms with Crippen LogP contribution in [0.3, 0.4) is 0 Å². The summed E-state index contributed by atoms with van der Waals surface area (Å²) in [5.74, 6) is 2.12. The highest BCUT2D eigenvalue weighted by Gasteiger charge is 2.10. The van der Waals surface area contributed by atoms with Crippen LogP contribution < -0.4 is 10.1 Å². The van der Waals surface area contributed by atoms with Crippen molar-refractivity contribution in [1.82, 2.24) is 19.5 Å². The van der Waals surface area contributed by atoms with E-state index < -0.39 is 0 Å². The molecule has 1 N–H and O–H groups in total. The van der Waals surface area contributed by atoms with E-state index in [-0.39, 0.29) is 6.04 Å². The molecule has 0 fully saturated rings. The van der Waals surface area contributed by atoms with Gasteiger partial charge in [-0.05, 0) is 30.7 Å². The van der Waals surface area contributed by atoms with E-state index in [2.05, 4.69) is 39.3 Å². The van der Waals surface area contributed by atoms with Crippen molar-refractivity contribution in [3.8, 4) is 11.6 Å². The topological polar surface area (TPSA) is 64.9 Å². The molecule has 4 rings (SSSR count). The number of anilines is 1. The second-order valence-corrected chi connectivity index (χ2v) is 5.98. The summed E-state index contributed by atoms with van der Waals surface area (Å²) in [7, 11) is 1.65. The van der Waals surface area contributed by atoms with E-state index in [1.54, 1.807) is 19.6 Å². The van der Waals surface area contributed by atoms with Crippen LogP contribution >= 0.6 is 0 Å². The lowest BCUT2D eigenvalue weighted by Crippen LogP contribution is -2.10. The van der Waals surface area contributed by atoms with Gasteiger partial charge in [-0.25, -0.2) is 9.97 Å². The summed E-state index contributed by atoms with van der Waals surface area (Å²) in [6.45, 7) is 2.09. The van der Waals surface area contributed by atoms with E-state index in [1.165, 1.54) is 5.56 Å². The molecule has 0 amide bonds. The number of hydrogen-bond donors (Lipinski definition) is 1. The molecule has 0 saturated heterocycles. The Morgan fingerprint density at radius 1 is 1.04 bits per heavy atom. The Kier molecular flexibility index (Phi) is 4.23. The number of methoxy groups -OCH3 is 1. The van der Waals surface area contributed by atoms with Gasteiger partial charge >= 0.3 is 0 Å². The fourth-order valence-corrected chi connectivity index (χ4v) is 2.87. The molecule has 0 aliphatic rings. The van der Waals surface area contributed by atoms with Gasteiger partial charge in [0.05, 0.1) is 24.2 Å². The van der Waals surface area contributed by atoms with E-state index in [4.69, 9.17) is 4.74 Å². The summed E-state index contributed by atoms with van der Waals surface area (Å²) in [5.41, 5.74) is 3.00. The number of nitrogens with zero attached hydrogens (tertiary/aromatic N) is 4. The van der Waals surface area contributed by atoms with Gasteiger partial charge in [0.25, 0.3) is 0 Å². The van der Waals surface area contributed by atoms with Crippen LogP contribution in [0.15, 0.2) is 67.1 Å². The second kappa shape index (κ2) is 6.84. The van der Waals surface area contributed by atoms with Gasteiger partial charge in [-0.3, -0.25) is 4.57 Å². The first kappa shape index (κ1) is 16.1. The Balaban J connectivity index is 1.64. The SMILES string of the molecule is COc1ccc2c(c1)ncn2-c1ccnc(NC(C)c2ccccc2)n1. The molecule has 1 unspecified atom stereocenters. The predicted octanol–water partition coefficient (Wildman–Crippen LogP) is 4.00. The number of imidazole rings is 1. The summed E-state index contributed by atoms with van der Waals surface area (Å²) in [5, 5.41) is 3.35. The number of hydrogen-bond acceptors (Lipinski definition) is 5. The molecule has 1 atom stereocenters. The zero-order chi connectivity index (χ0) is 17.9. The zero-order valence-corrected chi connectivity index (χ0v) is 14.6. The highest BCUT2D eigenvalue weighted by atomic mass is 16.5. The summed E-state index contributed by atoms with van der Waals surface area (Å²) >= 11 is 0. The maximum absolute atomic E-state index is 5.26. The molecular formula is C20H19N5O. The van der Waals surface area contributed by atoms with Crippen molar-refractivity contribution in [3.05, 3.63) is 72.7 Å². The van der Waals surface area contributed by atoms with E-state index in [1.807, 2.05) is 47.0 Å². The summed E-state index contributed by atoms with van der Waals surface area (Å²) in [4.78, 5) is 13.4. The minimum absolute atomic E-state index is 0.107. The molecule has 4 aromatic rings. The largest absolute Gasteiger partial charge is 0.497 e. The summed E-state index contributed by atoms with van der Waals surface area (Å²) < 4.78 is 7.20. The third-order valence-electron chi connectivity index (χ3n) is 4.29. The summed E-state index contributed by atoms with van der Waals surface area (Å²) in [6, 6.07) is 18.0. The number of aromatic nitrogens is 4. The molecule has 2 aromatic heterocycles. The number of benzene rings is 2. The maximum atomic E-state index is 5.26. The molecule has 0 aliphatic carbocycles. The Morgan fingerprint density at radius 3 is 2.69 bits per heavy atom. The molecule has 0 bridgehead atoms. The van der Waals surface area contributed by atoms with Crippen molar-refractivity contribution in [2.75, 3.05) is 12.4 Å². The molecule has 0 spiro atoms. The number of fused-ring (bicyclic) bond motifs is 1. The third kappa shape index (κ3) is 3.09. The first-order valence-corrected chi connectivity index (χ1v) is 8.40. The molecule has 2 aromatic carbocycles. The minimum atomic E-state index is 0.107. The lowest BCUT2D eigenvalue weighted by Gasteiger charge is -2.14. The molecule has 26 heavy (non-hydrogen) atoms. The predicted molar refractivity (Wildman–Crippen MR) is 102 cm³/mol. The van der Waals surface area contributed by atoms with Gasteiger partial charge in [0.1, 0.15) is 17.9 Å². The zero-order valence-electron chi connectivity index (χ0n) is 14.6. The first-order valence-electron chi connectivity index (χ1n) is 8.40. The molecule has 130 valence electrons. The third-order valence-corrected chi connectivity index (χ3v) is 4.29. The van der Waals surface area contributed by atoms with Crippen molar-refractivity contribution in [3.63, 3.8) is 0 Å². The Morgan fingerprint density at radius 2 is 1.88 bits per heavy atom. The fraction of sp³-hybridized carbons (Fsp3) is 0.150. The highest BCUT2D eigenvalue weighted by molar-refractivity contribution is 5.78. The monoisotopic (exact) mass is 345 g/mol. The molecule has 0 radical (unpaired) electrons. The van der Waals surface area contributed by atoms with Crippen LogP contribution in [0.4, 0.5) is 5.95 Å². The minimum Gasteiger partial charge on any atom is -0.497 e. The van der Waals surface area contributed by atoms with Crippen LogP contribution in [0.5, 0.6) is 5.75 Å². The Bertz CT molecular complexity index is 1030. The maximum Gasteiger partial charge on any atom is 0.225 e. The van der Waals surface area contributed by atoms with E-state index in [0.29, 0.717) is 5.95 Å². The fourth-order valence-electron chi connectivity index (χ4n) is 2.87. The van der Waals surface area contributed by atoms with Crippen molar-refractivity contribution in [2.45, 2.75) is 13.0 Å². The Labute approximate surface area is 151 Å². The normalized spacial score (nSPS) is 12.1. The van der Waals surface area contributed by atoms with Crippen molar-refractivity contribution < 1.29 is 4.74 Å². The average Bonchev–Trinajstić information content (AvgIpc) is 3.12.